The maximum absolute atomic E-state index is 13.0. The van der Waals surface area contributed by atoms with Crippen LogP contribution in [0.2, 0.25) is 0 Å². The van der Waals surface area contributed by atoms with Crippen molar-refractivity contribution >= 4 is 11.8 Å². The number of likely N-dealkylation sites (N-methyl/N-ethyl adjacent to an activating group) is 1. The maximum Gasteiger partial charge on any atom is 0.242 e. The van der Waals surface area contributed by atoms with Gasteiger partial charge in [-0.05, 0) is 37.1 Å². The molecule has 0 fully saturated rings. The number of hydrogen-bond acceptors (Lipinski definition) is 3. The van der Waals surface area contributed by atoms with Crippen LogP contribution >= 0.6 is 0 Å². The summed E-state index contributed by atoms with van der Waals surface area (Å²) in [5, 5.41) is 2.62. The molecule has 2 rings (SSSR count). The molecule has 5 heteroatoms. The van der Waals surface area contributed by atoms with E-state index in [1.807, 2.05) is 55.5 Å². The summed E-state index contributed by atoms with van der Waals surface area (Å²) in [6.45, 7) is 4.08. The molecule has 0 radical (unpaired) electrons. The maximum atomic E-state index is 13.0. The number of amides is 2. The van der Waals surface area contributed by atoms with Crippen molar-refractivity contribution in [2.24, 2.45) is 0 Å². The van der Waals surface area contributed by atoms with Crippen molar-refractivity contribution in [3.05, 3.63) is 65.2 Å². The summed E-state index contributed by atoms with van der Waals surface area (Å²) in [5.41, 5.74) is 2.96. The van der Waals surface area contributed by atoms with Crippen LogP contribution in [0.15, 0.2) is 48.5 Å². The number of hydrogen-bond donors (Lipinski definition) is 1. The minimum atomic E-state index is -0.566. The Bertz CT molecular complexity index is 773. The van der Waals surface area contributed by atoms with Crippen LogP contribution in [0.5, 0.6) is 5.75 Å². The number of nitrogens with one attached hydrogen (secondary N) is 1. The zero-order chi connectivity index (χ0) is 19.1. The molecule has 0 aromatic heterocycles. The Labute approximate surface area is 155 Å². The van der Waals surface area contributed by atoms with Crippen molar-refractivity contribution in [2.75, 3.05) is 14.2 Å². The fraction of sp³-hybridized carbons (Fsp3) is 0.333. The topological polar surface area (TPSA) is 58.6 Å². The first-order valence-corrected chi connectivity index (χ1v) is 8.64. The van der Waals surface area contributed by atoms with Gasteiger partial charge in [0.2, 0.25) is 11.8 Å². The second-order valence-corrected chi connectivity index (χ2v) is 6.33. The molecule has 138 valence electrons. The van der Waals surface area contributed by atoms with E-state index in [1.54, 1.807) is 26.0 Å². The molecule has 1 N–H and O–H groups in total. The predicted molar refractivity (Wildman–Crippen MR) is 102 cm³/mol. The number of carbonyl (C=O) groups excluding carboxylic acids is 2. The second-order valence-electron chi connectivity index (χ2n) is 6.33. The normalized spacial score (nSPS) is 11.5. The molecule has 0 aliphatic carbocycles. The minimum absolute atomic E-state index is 0.0884. The largest absolute Gasteiger partial charge is 0.497 e. The lowest BCUT2D eigenvalue weighted by Crippen LogP contribution is -2.47. The van der Waals surface area contributed by atoms with Crippen LogP contribution in [0.3, 0.4) is 0 Å². The summed E-state index contributed by atoms with van der Waals surface area (Å²) in [4.78, 5) is 26.7. The van der Waals surface area contributed by atoms with E-state index < -0.39 is 6.04 Å². The van der Waals surface area contributed by atoms with Crippen LogP contribution in [0.1, 0.15) is 23.6 Å². The van der Waals surface area contributed by atoms with Gasteiger partial charge in [-0.1, -0.05) is 42.0 Å². The van der Waals surface area contributed by atoms with E-state index >= 15 is 0 Å². The van der Waals surface area contributed by atoms with E-state index in [9.17, 15) is 9.59 Å². The number of methoxy groups -OCH3 is 1. The van der Waals surface area contributed by atoms with E-state index in [4.69, 9.17) is 4.74 Å². The zero-order valence-corrected chi connectivity index (χ0v) is 15.8. The highest BCUT2D eigenvalue weighted by Crippen LogP contribution is 2.17. The van der Waals surface area contributed by atoms with E-state index in [2.05, 4.69) is 5.32 Å². The van der Waals surface area contributed by atoms with Crippen molar-refractivity contribution < 1.29 is 14.3 Å². The molecule has 0 spiro atoms. The van der Waals surface area contributed by atoms with Gasteiger partial charge >= 0.3 is 0 Å². The van der Waals surface area contributed by atoms with Crippen LogP contribution in [-0.4, -0.2) is 36.9 Å². The number of carbonyl (C=O) groups is 2. The Morgan fingerprint density at radius 1 is 1.12 bits per heavy atom. The van der Waals surface area contributed by atoms with Crippen molar-refractivity contribution in [3.8, 4) is 5.75 Å². The van der Waals surface area contributed by atoms with Gasteiger partial charge in [-0.3, -0.25) is 9.59 Å². The summed E-state index contributed by atoms with van der Waals surface area (Å²) >= 11 is 0. The molecule has 2 amide bonds. The first kappa shape index (κ1) is 19.5. The minimum Gasteiger partial charge on any atom is -0.497 e. The van der Waals surface area contributed by atoms with Gasteiger partial charge in [0.1, 0.15) is 11.8 Å². The van der Waals surface area contributed by atoms with Crippen LogP contribution in [0, 0.1) is 6.92 Å². The van der Waals surface area contributed by atoms with Gasteiger partial charge in [0.25, 0.3) is 0 Å². The van der Waals surface area contributed by atoms with Crippen molar-refractivity contribution in [2.45, 2.75) is 32.9 Å². The van der Waals surface area contributed by atoms with Gasteiger partial charge in [0, 0.05) is 13.6 Å². The summed E-state index contributed by atoms with van der Waals surface area (Å²) in [6, 6.07) is 14.8. The Kier molecular flexibility index (Phi) is 6.78. The van der Waals surface area contributed by atoms with Gasteiger partial charge in [-0.15, -0.1) is 0 Å². The van der Waals surface area contributed by atoms with E-state index in [1.165, 1.54) is 0 Å². The molecule has 0 heterocycles. The zero-order valence-electron chi connectivity index (χ0n) is 15.8. The number of aryl methyl sites for hydroxylation is 1. The van der Waals surface area contributed by atoms with Crippen molar-refractivity contribution in [1.82, 2.24) is 10.2 Å². The molecule has 0 saturated carbocycles. The molecule has 0 bridgehead atoms. The van der Waals surface area contributed by atoms with Gasteiger partial charge in [0.15, 0.2) is 0 Å². The molecule has 0 saturated heterocycles. The van der Waals surface area contributed by atoms with E-state index in [0.717, 1.165) is 22.4 Å². The summed E-state index contributed by atoms with van der Waals surface area (Å²) in [5.74, 6) is 0.446. The molecule has 0 unspecified atom stereocenters. The average molecular weight is 354 g/mol. The lowest BCUT2D eigenvalue weighted by atomic mass is 10.1. The first-order chi connectivity index (χ1) is 12.4. The third-order valence-corrected chi connectivity index (χ3v) is 4.34. The Morgan fingerprint density at radius 2 is 1.81 bits per heavy atom. The number of rotatable bonds is 7. The van der Waals surface area contributed by atoms with Gasteiger partial charge in [-0.25, -0.2) is 0 Å². The molecule has 2 aromatic rings. The van der Waals surface area contributed by atoms with Crippen LogP contribution < -0.4 is 10.1 Å². The fourth-order valence-corrected chi connectivity index (χ4v) is 2.86. The average Bonchev–Trinajstić information content (AvgIpc) is 2.65. The molecule has 0 aliphatic rings. The highest BCUT2D eigenvalue weighted by Gasteiger charge is 2.25. The summed E-state index contributed by atoms with van der Waals surface area (Å²) in [7, 11) is 3.18. The van der Waals surface area contributed by atoms with Crippen LogP contribution in [-0.2, 0) is 22.6 Å². The standard InChI is InChI=1S/C21H26N2O3/c1-15-7-5-8-17(11-15)13-20(24)23(16(2)21(25)22-3)14-18-9-6-10-19(12-18)26-4/h5-12,16H,13-14H2,1-4H3,(H,22,25)/t16-/m0/s1. The molecule has 1 atom stereocenters. The number of nitrogens with zero attached hydrogens (tertiary/aromatic N) is 1. The molecular formula is C21H26N2O3. The molecule has 5 nitrogen and oxygen atoms in total. The van der Waals surface area contributed by atoms with Gasteiger partial charge < -0.3 is 15.0 Å². The quantitative estimate of drug-likeness (QED) is 0.832. The summed E-state index contributed by atoms with van der Waals surface area (Å²) in [6.07, 6.45) is 0.257. The fourth-order valence-electron chi connectivity index (χ4n) is 2.86. The van der Waals surface area contributed by atoms with Crippen LogP contribution in [0.25, 0.3) is 0 Å². The molecule has 2 aromatic carbocycles. The summed E-state index contributed by atoms with van der Waals surface area (Å²) < 4.78 is 5.25. The van der Waals surface area contributed by atoms with E-state index in [0.29, 0.717) is 6.54 Å². The Hall–Kier alpha value is -2.82. The lowest BCUT2D eigenvalue weighted by Gasteiger charge is -2.28. The number of benzene rings is 2. The second kappa shape index (κ2) is 9.04. The lowest BCUT2D eigenvalue weighted by molar-refractivity contribution is -0.139. The highest BCUT2D eigenvalue weighted by molar-refractivity contribution is 5.88. The van der Waals surface area contributed by atoms with Crippen molar-refractivity contribution in [1.29, 1.82) is 0 Å². The molecular weight excluding hydrogens is 328 g/mol. The molecule has 26 heavy (non-hydrogen) atoms. The Balaban J connectivity index is 2.24. The smallest absolute Gasteiger partial charge is 0.242 e. The van der Waals surface area contributed by atoms with E-state index in [-0.39, 0.29) is 18.2 Å². The molecule has 0 aliphatic heterocycles. The third-order valence-electron chi connectivity index (χ3n) is 4.34. The highest BCUT2D eigenvalue weighted by atomic mass is 16.5. The Morgan fingerprint density at radius 3 is 2.46 bits per heavy atom. The third kappa shape index (κ3) is 5.09. The van der Waals surface area contributed by atoms with Crippen molar-refractivity contribution in [3.63, 3.8) is 0 Å². The van der Waals surface area contributed by atoms with Gasteiger partial charge in [0.05, 0.1) is 13.5 Å². The van der Waals surface area contributed by atoms with Crippen LogP contribution in [0.4, 0.5) is 0 Å². The number of ether oxygens (including phenoxy) is 1. The monoisotopic (exact) mass is 354 g/mol. The SMILES string of the molecule is CNC(=O)[C@H](C)N(Cc1cccc(OC)c1)C(=O)Cc1cccc(C)c1. The predicted octanol–water partition coefficient (Wildman–Crippen LogP) is 2.71. The van der Waals surface area contributed by atoms with Gasteiger partial charge in [-0.2, -0.15) is 0 Å². The first-order valence-electron chi connectivity index (χ1n) is 8.64.